The van der Waals surface area contributed by atoms with Gasteiger partial charge in [-0.3, -0.25) is 14.9 Å². The van der Waals surface area contributed by atoms with Crippen LogP contribution >= 0.6 is 0 Å². The summed E-state index contributed by atoms with van der Waals surface area (Å²) in [5, 5.41) is 16.8. The molecule has 0 unspecified atom stereocenters. The van der Waals surface area contributed by atoms with Crippen LogP contribution in [0.15, 0.2) is 47.4 Å². The van der Waals surface area contributed by atoms with Gasteiger partial charge in [-0.2, -0.15) is 0 Å². The van der Waals surface area contributed by atoms with Gasteiger partial charge in [0, 0.05) is 23.4 Å². The third-order valence-electron chi connectivity index (χ3n) is 5.56. The molecule has 0 bridgehead atoms. The summed E-state index contributed by atoms with van der Waals surface area (Å²) in [6.07, 6.45) is 5.07. The van der Waals surface area contributed by atoms with Gasteiger partial charge in [0.2, 0.25) is 0 Å². The van der Waals surface area contributed by atoms with Crippen molar-refractivity contribution >= 4 is 32.8 Å². The monoisotopic (exact) mass is 429 g/mol. The molecule has 8 nitrogen and oxygen atoms in total. The quantitative estimate of drug-likeness (QED) is 0.504. The predicted octanol–water partition coefficient (Wildman–Crippen LogP) is 4.14. The molecule has 0 saturated heterocycles. The number of nitro groups is 1. The van der Waals surface area contributed by atoms with Gasteiger partial charge < -0.3 is 10.6 Å². The molecule has 0 atom stereocenters. The van der Waals surface area contributed by atoms with Gasteiger partial charge in [-0.05, 0) is 56.0 Å². The van der Waals surface area contributed by atoms with E-state index >= 15 is 0 Å². The lowest BCUT2D eigenvalue weighted by molar-refractivity contribution is -0.384. The first-order valence-electron chi connectivity index (χ1n) is 10.0. The van der Waals surface area contributed by atoms with Gasteiger partial charge in [0.15, 0.2) is 9.84 Å². The van der Waals surface area contributed by atoms with E-state index in [4.69, 9.17) is 0 Å². The van der Waals surface area contributed by atoms with Crippen molar-refractivity contribution < 1.29 is 18.1 Å². The summed E-state index contributed by atoms with van der Waals surface area (Å²) in [7, 11) is -3.44. The molecular weight excluding hydrogens is 406 g/mol. The third-order valence-corrected chi connectivity index (χ3v) is 7.82. The lowest BCUT2D eigenvalue weighted by Gasteiger charge is -2.13. The third kappa shape index (κ3) is 4.30. The summed E-state index contributed by atoms with van der Waals surface area (Å²) < 4.78 is 25.6. The summed E-state index contributed by atoms with van der Waals surface area (Å²) in [4.78, 5) is 23.7. The topological polar surface area (TPSA) is 118 Å². The number of amides is 1. The van der Waals surface area contributed by atoms with E-state index in [1.165, 1.54) is 30.3 Å². The van der Waals surface area contributed by atoms with Crippen LogP contribution in [0.4, 0.5) is 17.1 Å². The van der Waals surface area contributed by atoms with E-state index in [-0.39, 0.29) is 27.4 Å². The van der Waals surface area contributed by atoms with Gasteiger partial charge >= 0.3 is 0 Å². The van der Waals surface area contributed by atoms with Crippen molar-refractivity contribution in [1.29, 1.82) is 0 Å². The van der Waals surface area contributed by atoms with Crippen LogP contribution in [0.1, 0.15) is 48.9 Å². The minimum Gasteiger partial charge on any atom is -0.377 e. The predicted molar refractivity (Wildman–Crippen MR) is 114 cm³/mol. The number of nitrogens with one attached hydrogen (secondary N) is 2. The molecule has 2 aliphatic carbocycles. The van der Waals surface area contributed by atoms with Crippen molar-refractivity contribution in [1.82, 2.24) is 0 Å². The maximum Gasteiger partial charge on any atom is 0.293 e. The SMILES string of the molecule is O=C(Nc1cccc(S(=O)(=O)C2CCCC2)c1)c1ccc(NC2CC2)c([N+](=O)[O-])c1. The number of hydrogen-bond acceptors (Lipinski definition) is 6. The van der Waals surface area contributed by atoms with Crippen molar-refractivity contribution in [2.24, 2.45) is 0 Å². The van der Waals surface area contributed by atoms with Gasteiger partial charge in [0.1, 0.15) is 5.69 Å². The molecule has 0 spiro atoms. The van der Waals surface area contributed by atoms with Crippen molar-refractivity contribution in [2.75, 3.05) is 10.6 Å². The Balaban J connectivity index is 1.54. The number of sulfone groups is 1. The maximum absolute atomic E-state index is 12.8. The molecule has 0 aliphatic heterocycles. The van der Waals surface area contributed by atoms with Gasteiger partial charge in [0.05, 0.1) is 15.1 Å². The molecule has 2 aromatic carbocycles. The number of nitro benzene ring substituents is 1. The fraction of sp³-hybridized carbons (Fsp3) is 0.381. The zero-order chi connectivity index (χ0) is 21.3. The summed E-state index contributed by atoms with van der Waals surface area (Å²) in [5.41, 5.74) is 0.699. The number of carbonyl (C=O) groups excluding carboxylic acids is 1. The van der Waals surface area contributed by atoms with Gasteiger partial charge in [-0.25, -0.2) is 8.42 Å². The number of benzene rings is 2. The van der Waals surface area contributed by atoms with E-state index in [0.29, 0.717) is 24.2 Å². The highest BCUT2D eigenvalue weighted by atomic mass is 32.2. The van der Waals surface area contributed by atoms with Crippen LogP contribution in [0.5, 0.6) is 0 Å². The standard InChI is InChI=1S/C21H23N3O5S/c25-21(14-8-11-19(22-15-9-10-15)20(12-14)24(26)27)23-16-4-3-7-18(13-16)30(28,29)17-5-1-2-6-17/h3-4,7-8,11-13,15,17,22H,1-2,5-6,9-10H2,(H,23,25). The Morgan fingerprint density at radius 1 is 1.03 bits per heavy atom. The first-order valence-corrected chi connectivity index (χ1v) is 11.6. The van der Waals surface area contributed by atoms with Crippen molar-refractivity contribution in [3.8, 4) is 0 Å². The Bertz CT molecular complexity index is 1090. The molecular formula is C21H23N3O5S. The molecule has 2 aliphatic rings. The minimum absolute atomic E-state index is 0.132. The first kappa shape index (κ1) is 20.3. The zero-order valence-electron chi connectivity index (χ0n) is 16.3. The van der Waals surface area contributed by atoms with Crippen LogP contribution in [0.3, 0.4) is 0 Å². The molecule has 0 radical (unpaired) electrons. The fourth-order valence-electron chi connectivity index (χ4n) is 3.74. The molecule has 2 saturated carbocycles. The average molecular weight is 429 g/mol. The number of anilines is 2. The van der Waals surface area contributed by atoms with Crippen LogP contribution in [-0.2, 0) is 9.84 Å². The Morgan fingerprint density at radius 3 is 2.43 bits per heavy atom. The Labute approximate surface area is 174 Å². The van der Waals surface area contributed by atoms with Crippen LogP contribution in [0.25, 0.3) is 0 Å². The van der Waals surface area contributed by atoms with E-state index in [9.17, 15) is 23.3 Å². The van der Waals surface area contributed by atoms with Gasteiger partial charge in [0.25, 0.3) is 11.6 Å². The number of rotatable bonds is 7. The molecule has 30 heavy (non-hydrogen) atoms. The highest BCUT2D eigenvalue weighted by molar-refractivity contribution is 7.92. The maximum atomic E-state index is 12.8. The fourth-order valence-corrected chi connectivity index (χ4v) is 5.64. The number of carbonyl (C=O) groups is 1. The van der Waals surface area contributed by atoms with E-state index in [2.05, 4.69) is 10.6 Å². The summed E-state index contributed by atoms with van der Waals surface area (Å²) in [6, 6.07) is 10.7. The van der Waals surface area contributed by atoms with Gasteiger partial charge in [-0.15, -0.1) is 0 Å². The molecule has 0 aromatic heterocycles. The molecule has 1 amide bonds. The van der Waals surface area contributed by atoms with Crippen molar-refractivity contribution in [3.05, 3.63) is 58.1 Å². The number of hydrogen-bond donors (Lipinski definition) is 2. The minimum atomic E-state index is -3.44. The highest BCUT2D eigenvalue weighted by Crippen LogP contribution is 2.32. The van der Waals surface area contributed by atoms with Gasteiger partial charge in [-0.1, -0.05) is 18.9 Å². The normalized spacial score (nSPS) is 16.9. The molecule has 9 heteroatoms. The molecule has 2 aromatic rings. The van der Waals surface area contributed by atoms with E-state index in [0.717, 1.165) is 25.7 Å². The van der Waals surface area contributed by atoms with E-state index < -0.39 is 20.7 Å². The zero-order valence-corrected chi connectivity index (χ0v) is 17.2. The second-order valence-electron chi connectivity index (χ2n) is 7.84. The molecule has 4 rings (SSSR count). The Morgan fingerprint density at radius 2 is 1.77 bits per heavy atom. The average Bonchev–Trinajstić information content (AvgIpc) is 3.35. The first-order chi connectivity index (χ1) is 14.3. The van der Waals surface area contributed by atoms with Crippen LogP contribution in [-0.4, -0.2) is 30.5 Å². The van der Waals surface area contributed by atoms with Crippen LogP contribution in [0, 0.1) is 10.1 Å². The lowest BCUT2D eigenvalue weighted by atomic mass is 10.1. The summed E-state index contributed by atoms with van der Waals surface area (Å²) in [5.74, 6) is -0.536. The molecule has 2 fully saturated rings. The molecule has 158 valence electrons. The largest absolute Gasteiger partial charge is 0.377 e. The Kier molecular flexibility index (Phi) is 5.46. The summed E-state index contributed by atoms with van der Waals surface area (Å²) in [6.45, 7) is 0. The van der Waals surface area contributed by atoms with E-state index in [1.807, 2.05) is 0 Å². The summed E-state index contributed by atoms with van der Waals surface area (Å²) >= 11 is 0. The number of nitrogens with zero attached hydrogens (tertiary/aromatic N) is 1. The molecule has 2 N–H and O–H groups in total. The Hall–Kier alpha value is -2.94. The smallest absolute Gasteiger partial charge is 0.293 e. The van der Waals surface area contributed by atoms with Crippen molar-refractivity contribution in [2.45, 2.75) is 54.7 Å². The molecule has 0 heterocycles. The second kappa shape index (κ2) is 8.06. The van der Waals surface area contributed by atoms with Crippen LogP contribution < -0.4 is 10.6 Å². The lowest BCUT2D eigenvalue weighted by Crippen LogP contribution is -2.18. The highest BCUT2D eigenvalue weighted by Gasteiger charge is 2.30. The van der Waals surface area contributed by atoms with Crippen molar-refractivity contribution in [3.63, 3.8) is 0 Å². The van der Waals surface area contributed by atoms with E-state index in [1.54, 1.807) is 12.1 Å². The van der Waals surface area contributed by atoms with Crippen LogP contribution in [0.2, 0.25) is 0 Å². The second-order valence-corrected chi connectivity index (χ2v) is 10.1.